The van der Waals surface area contributed by atoms with E-state index in [9.17, 15) is 0 Å². The summed E-state index contributed by atoms with van der Waals surface area (Å²) in [5, 5.41) is 0. The molecule has 2 nitrogen and oxygen atoms in total. The number of rotatable bonds is 0. The Morgan fingerprint density at radius 1 is 1.56 bits per heavy atom. The topological polar surface area (TPSA) is 40.5 Å². The number of hydrogen-bond acceptors (Lipinski definition) is 2. The van der Waals surface area contributed by atoms with E-state index >= 15 is 0 Å². The van der Waals surface area contributed by atoms with Crippen LogP contribution in [0.15, 0.2) is 0 Å². The van der Waals surface area contributed by atoms with Crippen LogP contribution in [0.1, 0.15) is 19.8 Å². The molecule has 3 heteroatoms. The molecule has 0 bridgehead atoms. The molecule has 0 saturated carbocycles. The molecule has 1 rings (SSSR count). The third kappa shape index (κ3) is 2.13. The summed E-state index contributed by atoms with van der Waals surface area (Å²) in [6, 6.07) is 0. The molecule has 0 aromatic carbocycles. The Morgan fingerprint density at radius 3 is 2.56 bits per heavy atom. The van der Waals surface area contributed by atoms with Crippen molar-refractivity contribution in [1.82, 2.24) is 0 Å². The Morgan fingerprint density at radius 2 is 2.22 bits per heavy atom. The van der Waals surface area contributed by atoms with Crippen molar-refractivity contribution in [2.45, 2.75) is 19.8 Å². The second-order valence-corrected chi connectivity index (χ2v) is 5.21. The highest BCUT2D eigenvalue weighted by atomic mass is 31.2. The first-order valence-corrected chi connectivity index (χ1v) is 5.23. The van der Waals surface area contributed by atoms with Gasteiger partial charge in [0, 0.05) is 6.16 Å². The van der Waals surface area contributed by atoms with Crippen LogP contribution in [0.3, 0.4) is 0 Å². The molecule has 9 heavy (non-hydrogen) atoms. The lowest BCUT2D eigenvalue weighted by atomic mass is 10.1. The van der Waals surface area contributed by atoms with E-state index in [1.165, 1.54) is 0 Å². The van der Waals surface area contributed by atoms with Gasteiger partial charge >= 0.3 is 0 Å². The van der Waals surface area contributed by atoms with Crippen molar-refractivity contribution in [2.75, 3.05) is 6.16 Å². The Kier molecular flexibility index (Phi) is 2.00. The van der Waals surface area contributed by atoms with Crippen LogP contribution >= 0.6 is 7.34 Å². The highest BCUT2D eigenvalue weighted by molar-refractivity contribution is 7.64. The van der Waals surface area contributed by atoms with E-state index in [1.807, 2.05) is 0 Å². The predicted molar refractivity (Wildman–Crippen MR) is 40.7 cm³/mol. The van der Waals surface area contributed by atoms with Gasteiger partial charge < -0.3 is 9.79 Å². The zero-order valence-corrected chi connectivity index (χ0v) is 6.51. The number of hydrogen-bond donors (Lipinski definition) is 2. The van der Waals surface area contributed by atoms with Crippen LogP contribution < -0.4 is 0 Å². The third-order valence-electron chi connectivity index (χ3n) is 1.75. The standard InChI is InChI=1S/C6H13O2P/c1-6-2-4-9(7,8)5-3-6/h4,6-8H,2-3,5H2,1H3. The van der Waals surface area contributed by atoms with E-state index in [-0.39, 0.29) is 0 Å². The molecule has 1 aliphatic heterocycles. The van der Waals surface area contributed by atoms with Crippen molar-refractivity contribution in [3.05, 3.63) is 0 Å². The molecule has 2 N–H and O–H groups in total. The Bertz CT molecular complexity index is 147. The summed E-state index contributed by atoms with van der Waals surface area (Å²) in [6.07, 6.45) is 2.45. The SMILES string of the molecule is CC1CC=P(O)(O)CC1. The van der Waals surface area contributed by atoms with Gasteiger partial charge in [0.2, 0.25) is 0 Å². The molecule has 0 amide bonds. The van der Waals surface area contributed by atoms with E-state index < -0.39 is 7.34 Å². The van der Waals surface area contributed by atoms with Crippen LogP contribution in [0.2, 0.25) is 0 Å². The van der Waals surface area contributed by atoms with Gasteiger partial charge in [-0.15, -0.1) is 0 Å². The minimum Gasteiger partial charge on any atom is -0.353 e. The summed E-state index contributed by atoms with van der Waals surface area (Å²) in [6.45, 7) is 2.13. The summed E-state index contributed by atoms with van der Waals surface area (Å²) in [5.41, 5.74) is 0. The maximum Gasteiger partial charge on any atom is 0.115 e. The summed E-state index contributed by atoms with van der Waals surface area (Å²) < 4.78 is 0. The van der Waals surface area contributed by atoms with Gasteiger partial charge in [-0.3, -0.25) is 0 Å². The van der Waals surface area contributed by atoms with Gasteiger partial charge in [-0.25, -0.2) is 0 Å². The molecule has 0 aromatic rings. The van der Waals surface area contributed by atoms with Crippen LogP contribution in [0.25, 0.3) is 0 Å². The van der Waals surface area contributed by atoms with E-state index in [1.54, 1.807) is 5.80 Å². The average Bonchev–Trinajstić information content (AvgIpc) is 1.78. The van der Waals surface area contributed by atoms with Gasteiger partial charge in [0.05, 0.1) is 0 Å². The lowest BCUT2D eigenvalue weighted by Gasteiger charge is -2.21. The molecule has 54 valence electrons. The monoisotopic (exact) mass is 148 g/mol. The van der Waals surface area contributed by atoms with Crippen LogP contribution in [0.4, 0.5) is 0 Å². The zero-order chi connectivity index (χ0) is 6.91. The maximum atomic E-state index is 9.10. The van der Waals surface area contributed by atoms with E-state index in [4.69, 9.17) is 9.79 Å². The molecule has 1 atom stereocenters. The Labute approximate surface area is 55.7 Å². The van der Waals surface area contributed by atoms with Crippen molar-refractivity contribution >= 4 is 13.1 Å². The van der Waals surface area contributed by atoms with Crippen molar-refractivity contribution in [2.24, 2.45) is 5.92 Å². The first kappa shape index (κ1) is 7.33. The van der Waals surface area contributed by atoms with Crippen molar-refractivity contribution in [1.29, 1.82) is 0 Å². The smallest absolute Gasteiger partial charge is 0.115 e. The van der Waals surface area contributed by atoms with Gasteiger partial charge in [0.15, 0.2) is 0 Å². The van der Waals surface area contributed by atoms with Crippen molar-refractivity contribution < 1.29 is 9.79 Å². The molecule has 1 unspecified atom stereocenters. The third-order valence-corrected chi connectivity index (χ3v) is 3.46. The predicted octanol–water partition coefficient (Wildman–Crippen LogP) is 1.05. The Balaban J connectivity index is 2.61. The van der Waals surface area contributed by atoms with E-state index in [0.717, 1.165) is 12.8 Å². The van der Waals surface area contributed by atoms with Gasteiger partial charge in [0.1, 0.15) is 7.34 Å². The van der Waals surface area contributed by atoms with Gasteiger partial charge in [0.25, 0.3) is 0 Å². The first-order chi connectivity index (χ1) is 4.10. The van der Waals surface area contributed by atoms with E-state index in [0.29, 0.717) is 12.1 Å². The lowest BCUT2D eigenvalue weighted by Crippen LogP contribution is -2.07. The zero-order valence-electron chi connectivity index (χ0n) is 5.62. The van der Waals surface area contributed by atoms with Crippen LogP contribution in [0, 0.1) is 5.92 Å². The fraction of sp³-hybridized carbons (Fsp3) is 0.833. The van der Waals surface area contributed by atoms with Crippen LogP contribution in [-0.4, -0.2) is 21.7 Å². The molecule has 1 aliphatic rings. The minimum atomic E-state index is -2.50. The quantitative estimate of drug-likeness (QED) is 0.504. The molecule has 0 radical (unpaired) electrons. The normalized spacial score (nSPS) is 33.4. The van der Waals surface area contributed by atoms with Crippen molar-refractivity contribution in [3.8, 4) is 0 Å². The highest BCUT2D eigenvalue weighted by Crippen LogP contribution is 2.42. The van der Waals surface area contributed by atoms with Crippen molar-refractivity contribution in [3.63, 3.8) is 0 Å². The van der Waals surface area contributed by atoms with Gasteiger partial charge in [-0.05, 0) is 24.6 Å². The summed E-state index contributed by atoms with van der Waals surface area (Å²) in [5.74, 6) is 2.35. The largest absolute Gasteiger partial charge is 0.353 e. The summed E-state index contributed by atoms with van der Waals surface area (Å²) >= 11 is 0. The fourth-order valence-electron chi connectivity index (χ4n) is 0.968. The molecule has 0 aliphatic carbocycles. The van der Waals surface area contributed by atoms with Gasteiger partial charge in [-0.2, -0.15) is 0 Å². The molecule has 0 fully saturated rings. The highest BCUT2D eigenvalue weighted by Gasteiger charge is 2.16. The van der Waals surface area contributed by atoms with Crippen LogP contribution in [0.5, 0.6) is 0 Å². The van der Waals surface area contributed by atoms with E-state index in [2.05, 4.69) is 6.92 Å². The summed E-state index contributed by atoms with van der Waals surface area (Å²) in [7, 11) is -2.50. The second-order valence-electron chi connectivity index (χ2n) is 2.82. The molecule has 0 aromatic heterocycles. The molecule has 0 saturated heterocycles. The minimum absolute atomic E-state index is 0.605. The molecule has 0 spiro atoms. The maximum absolute atomic E-state index is 9.10. The average molecular weight is 148 g/mol. The second kappa shape index (κ2) is 2.45. The van der Waals surface area contributed by atoms with Gasteiger partial charge in [-0.1, -0.05) is 6.92 Å². The van der Waals surface area contributed by atoms with Crippen LogP contribution in [-0.2, 0) is 0 Å². The molecular formula is C6H13O2P. The molecule has 1 heterocycles. The Hall–Kier alpha value is 0.220. The molecular weight excluding hydrogens is 135 g/mol. The lowest BCUT2D eigenvalue weighted by molar-refractivity contribution is 0.455. The summed E-state index contributed by atoms with van der Waals surface area (Å²) in [4.78, 5) is 18.2. The fourth-order valence-corrected chi connectivity index (χ4v) is 2.67. The first-order valence-electron chi connectivity index (χ1n) is 3.28.